The molecule has 1 aromatic rings. The van der Waals surface area contributed by atoms with E-state index >= 15 is 0 Å². The van der Waals surface area contributed by atoms with Crippen molar-refractivity contribution < 1.29 is 4.74 Å². The van der Waals surface area contributed by atoms with Crippen molar-refractivity contribution in [2.24, 2.45) is 14.1 Å². The van der Waals surface area contributed by atoms with Crippen LogP contribution in [0.1, 0.15) is 6.92 Å². The van der Waals surface area contributed by atoms with Crippen LogP contribution in [0.5, 0.6) is 0 Å². The first-order valence-electron chi connectivity index (χ1n) is 4.88. The zero-order valence-corrected chi connectivity index (χ0v) is 9.85. The fourth-order valence-corrected chi connectivity index (χ4v) is 1.13. The van der Waals surface area contributed by atoms with Crippen molar-refractivity contribution in [1.82, 2.24) is 14.3 Å². The Balaban J connectivity index is 2.98. The first-order chi connectivity index (χ1) is 7.47. The van der Waals surface area contributed by atoms with Crippen LogP contribution >= 0.6 is 0 Å². The van der Waals surface area contributed by atoms with E-state index in [2.05, 4.69) is 10.4 Å². The average molecular weight is 228 g/mol. The van der Waals surface area contributed by atoms with Gasteiger partial charge in [-0.2, -0.15) is 0 Å². The molecule has 0 radical (unpaired) electrons. The lowest BCUT2D eigenvalue weighted by Gasteiger charge is -2.11. The molecule has 1 heterocycles. The van der Waals surface area contributed by atoms with Gasteiger partial charge in [-0.05, 0) is 6.92 Å². The van der Waals surface area contributed by atoms with Gasteiger partial charge < -0.3 is 10.1 Å². The highest BCUT2D eigenvalue weighted by Gasteiger charge is 2.09. The number of aromatic nitrogens is 3. The quantitative estimate of drug-likeness (QED) is 0.709. The summed E-state index contributed by atoms with van der Waals surface area (Å²) in [6.45, 7) is 2.32. The van der Waals surface area contributed by atoms with Crippen LogP contribution in [-0.2, 0) is 18.8 Å². The Bertz CT molecular complexity index is 477. The van der Waals surface area contributed by atoms with Gasteiger partial charge in [0.1, 0.15) is 0 Å². The van der Waals surface area contributed by atoms with E-state index in [9.17, 15) is 9.59 Å². The Labute approximate surface area is 92.7 Å². The van der Waals surface area contributed by atoms with Gasteiger partial charge in [0, 0.05) is 27.7 Å². The van der Waals surface area contributed by atoms with Crippen molar-refractivity contribution >= 4 is 5.82 Å². The van der Waals surface area contributed by atoms with Gasteiger partial charge in [-0.15, -0.1) is 5.10 Å². The van der Waals surface area contributed by atoms with Gasteiger partial charge in [-0.3, -0.25) is 9.36 Å². The van der Waals surface area contributed by atoms with Crippen LogP contribution in [0.4, 0.5) is 5.82 Å². The number of ether oxygens (including phenoxy) is 1. The van der Waals surface area contributed by atoms with Gasteiger partial charge in [-0.1, -0.05) is 0 Å². The largest absolute Gasteiger partial charge is 0.380 e. The minimum Gasteiger partial charge on any atom is -0.380 e. The number of hydrogen-bond acceptors (Lipinski definition) is 5. The van der Waals surface area contributed by atoms with Crippen molar-refractivity contribution in [3.05, 3.63) is 20.8 Å². The molecule has 0 saturated heterocycles. The second kappa shape index (κ2) is 4.93. The maximum Gasteiger partial charge on any atom is 0.346 e. The van der Waals surface area contributed by atoms with Crippen LogP contribution < -0.4 is 16.6 Å². The molecule has 1 aromatic heterocycles. The van der Waals surface area contributed by atoms with E-state index in [0.717, 1.165) is 9.25 Å². The predicted molar refractivity (Wildman–Crippen MR) is 59.7 cm³/mol. The van der Waals surface area contributed by atoms with E-state index in [1.165, 1.54) is 14.1 Å². The second-order valence-electron chi connectivity index (χ2n) is 3.55. The van der Waals surface area contributed by atoms with Crippen LogP contribution in [0.15, 0.2) is 9.59 Å². The highest BCUT2D eigenvalue weighted by atomic mass is 16.5. The predicted octanol–water partition coefficient (Wildman–Crippen LogP) is -1.07. The molecular weight excluding hydrogens is 212 g/mol. The Hall–Kier alpha value is -1.63. The summed E-state index contributed by atoms with van der Waals surface area (Å²) in [6, 6.07) is 0. The zero-order valence-electron chi connectivity index (χ0n) is 9.85. The van der Waals surface area contributed by atoms with Crippen LogP contribution in [0, 0.1) is 0 Å². The van der Waals surface area contributed by atoms with E-state index in [1.807, 2.05) is 6.92 Å². The van der Waals surface area contributed by atoms with E-state index in [0.29, 0.717) is 6.54 Å². The molecule has 0 aliphatic heterocycles. The van der Waals surface area contributed by atoms with Gasteiger partial charge in [0.2, 0.25) is 5.82 Å². The molecule has 1 unspecified atom stereocenters. The van der Waals surface area contributed by atoms with Gasteiger partial charge in [0.25, 0.3) is 5.56 Å². The van der Waals surface area contributed by atoms with Gasteiger partial charge in [-0.25, -0.2) is 9.48 Å². The molecule has 1 rings (SSSR count). The fraction of sp³-hybridized carbons (Fsp3) is 0.667. The molecule has 7 heteroatoms. The number of methoxy groups -OCH3 is 1. The minimum atomic E-state index is -0.449. The molecule has 0 aromatic carbocycles. The number of rotatable bonds is 4. The molecule has 0 bridgehead atoms. The van der Waals surface area contributed by atoms with Gasteiger partial charge in [0.15, 0.2) is 0 Å². The lowest BCUT2D eigenvalue weighted by Crippen LogP contribution is -2.40. The van der Waals surface area contributed by atoms with Crippen molar-refractivity contribution in [2.75, 3.05) is 19.0 Å². The smallest absolute Gasteiger partial charge is 0.346 e. The highest BCUT2D eigenvalue weighted by Crippen LogP contribution is 1.92. The summed E-state index contributed by atoms with van der Waals surface area (Å²) < 4.78 is 7.15. The summed E-state index contributed by atoms with van der Waals surface area (Å²) in [6.07, 6.45) is -0.0382. The molecule has 0 saturated carbocycles. The van der Waals surface area contributed by atoms with Crippen LogP contribution in [-0.4, -0.2) is 34.1 Å². The third-order valence-corrected chi connectivity index (χ3v) is 2.28. The van der Waals surface area contributed by atoms with Crippen LogP contribution in [0.2, 0.25) is 0 Å². The van der Waals surface area contributed by atoms with Crippen molar-refractivity contribution in [3.8, 4) is 0 Å². The third kappa shape index (κ3) is 2.48. The summed E-state index contributed by atoms with van der Waals surface area (Å²) in [5, 5.41) is 6.69. The van der Waals surface area contributed by atoms with E-state index in [4.69, 9.17) is 4.74 Å². The summed E-state index contributed by atoms with van der Waals surface area (Å²) >= 11 is 0. The van der Waals surface area contributed by atoms with E-state index in [-0.39, 0.29) is 11.9 Å². The molecule has 0 aliphatic carbocycles. The molecule has 16 heavy (non-hydrogen) atoms. The lowest BCUT2D eigenvalue weighted by molar-refractivity contribution is 0.128. The molecule has 1 N–H and O–H groups in total. The molecule has 0 fully saturated rings. The summed E-state index contributed by atoms with van der Waals surface area (Å²) in [5.74, 6) is 0.147. The lowest BCUT2D eigenvalue weighted by atomic mass is 10.4. The fourth-order valence-electron chi connectivity index (χ4n) is 1.13. The maximum atomic E-state index is 11.6. The average Bonchev–Trinajstić information content (AvgIpc) is 2.28. The number of hydrogen-bond donors (Lipinski definition) is 1. The monoisotopic (exact) mass is 228 g/mol. The zero-order chi connectivity index (χ0) is 12.3. The second-order valence-corrected chi connectivity index (χ2v) is 3.55. The summed E-state index contributed by atoms with van der Waals surface area (Å²) in [5.41, 5.74) is -0.887. The third-order valence-electron chi connectivity index (χ3n) is 2.28. The molecule has 0 aliphatic rings. The van der Waals surface area contributed by atoms with Gasteiger partial charge >= 0.3 is 5.69 Å². The van der Waals surface area contributed by atoms with E-state index < -0.39 is 11.2 Å². The first kappa shape index (κ1) is 12.4. The highest BCUT2D eigenvalue weighted by molar-refractivity contribution is 5.29. The van der Waals surface area contributed by atoms with Crippen LogP contribution in [0.25, 0.3) is 0 Å². The maximum absolute atomic E-state index is 11.6. The molecule has 7 nitrogen and oxygen atoms in total. The number of nitrogens with zero attached hydrogens (tertiary/aromatic N) is 3. The topological polar surface area (TPSA) is 78.2 Å². The Morgan fingerprint density at radius 1 is 1.44 bits per heavy atom. The van der Waals surface area contributed by atoms with Gasteiger partial charge in [0.05, 0.1) is 6.10 Å². The molecule has 0 amide bonds. The van der Waals surface area contributed by atoms with Crippen molar-refractivity contribution in [2.45, 2.75) is 13.0 Å². The molecule has 90 valence electrons. The molecule has 1 atom stereocenters. The van der Waals surface area contributed by atoms with E-state index in [1.54, 1.807) is 7.11 Å². The minimum absolute atomic E-state index is 0.0382. The molecule has 0 spiro atoms. The Morgan fingerprint density at radius 2 is 2.06 bits per heavy atom. The number of aryl methyl sites for hydroxylation is 1. The SMILES string of the molecule is COC(C)CNc1nn(C)c(=O)n(C)c1=O. The number of nitrogens with one attached hydrogen (secondary N) is 1. The van der Waals surface area contributed by atoms with Crippen LogP contribution in [0.3, 0.4) is 0 Å². The Kier molecular flexibility index (Phi) is 3.83. The molecular formula is C9H16N4O3. The standard InChI is InChI=1S/C9H16N4O3/c1-6(16-4)5-10-7-8(14)12(2)9(15)13(3)11-7/h6H,5H2,1-4H3,(H,10,11). The van der Waals surface area contributed by atoms with Crippen molar-refractivity contribution in [1.29, 1.82) is 0 Å². The normalized spacial score (nSPS) is 12.5. The first-order valence-corrected chi connectivity index (χ1v) is 4.88. The summed E-state index contributed by atoms with van der Waals surface area (Å²) in [4.78, 5) is 23.0. The number of anilines is 1. The van der Waals surface area contributed by atoms with Crippen molar-refractivity contribution in [3.63, 3.8) is 0 Å². The Morgan fingerprint density at radius 3 is 2.62 bits per heavy atom. The summed E-state index contributed by atoms with van der Waals surface area (Å²) in [7, 11) is 4.49.